The number of benzene rings is 26. The minimum Gasteiger partial charge on any atom is -0.0616 e. The van der Waals surface area contributed by atoms with Crippen molar-refractivity contribution >= 4 is 129 Å². The molecule has 0 bridgehead atoms. The first-order valence-corrected chi connectivity index (χ1v) is 44.5. The Morgan fingerprint density at radius 3 is 0.234 bits per heavy atom. The lowest BCUT2D eigenvalue weighted by atomic mass is 9.95. The van der Waals surface area contributed by atoms with E-state index in [4.69, 9.17) is 0 Å². The highest BCUT2D eigenvalue weighted by Gasteiger charge is 2.26. The molecule has 0 spiro atoms. The number of fused-ring (bicyclic) bond motifs is 18. The Morgan fingerprint density at radius 1 is 0.0547 bits per heavy atom. The van der Waals surface area contributed by atoms with E-state index in [0.717, 1.165) is 0 Å². The average Bonchev–Trinajstić information content (AvgIpc) is 1.71. The number of rotatable bonds is 0. The molecule has 0 aromatic heterocycles. The first kappa shape index (κ1) is 74.0. The Balaban J connectivity index is 0.0000000793. The van der Waals surface area contributed by atoms with E-state index in [0.29, 0.717) is 0 Å². The predicted molar refractivity (Wildman–Crippen MR) is 551 cm³/mol. The molecular weight excluding hydrogens is 1540 g/mol. The Kier molecular flexibility index (Phi) is 17.8. The van der Waals surface area contributed by atoms with Gasteiger partial charge in [0.15, 0.2) is 0 Å². The molecule has 0 heterocycles. The van der Waals surface area contributed by atoms with E-state index in [2.05, 4.69) is 485 Å². The molecule has 6 aliphatic carbocycles. The third-order valence-corrected chi connectivity index (χ3v) is 27.3. The zero-order valence-electron chi connectivity index (χ0n) is 70.2. The molecule has 0 amide bonds. The molecule has 128 heavy (non-hydrogen) atoms. The van der Waals surface area contributed by atoms with E-state index in [1.54, 1.807) is 0 Å². The van der Waals surface area contributed by atoms with Gasteiger partial charge in [0.1, 0.15) is 0 Å². The second-order valence-electron chi connectivity index (χ2n) is 34.1. The topological polar surface area (TPSA) is 0 Å². The van der Waals surface area contributed by atoms with Gasteiger partial charge in [-0.1, -0.05) is 485 Å². The van der Waals surface area contributed by atoms with Gasteiger partial charge in [0.05, 0.1) is 0 Å². The van der Waals surface area contributed by atoms with Crippen LogP contribution in [0.3, 0.4) is 0 Å². The van der Waals surface area contributed by atoms with Crippen LogP contribution < -0.4 is 0 Å². The molecule has 0 radical (unpaired) electrons. The van der Waals surface area contributed by atoms with Gasteiger partial charge in [-0.05, 0) is 263 Å². The minimum atomic E-state index is 1.34. The summed E-state index contributed by atoms with van der Waals surface area (Å²) >= 11 is 0. The Morgan fingerprint density at radius 2 is 0.133 bits per heavy atom. The van der Waals surface area contributed by atoms with Crippen molar-refractivity contribution in [2.45, 2.75) is 0 Å². The maximum atomic E-state index is 2.22. The van der Waals surface area contributed by atoms with Crippen molar-refractivity contribution in [3.05, 3.63) is 485 Å². The van der Waals surface area contributed by atoms with Crippen LogP contribution in [0.25, 0.3) is 263 Å². The fourth-order valence-corrected chi connectivity index (χ4v) is 21.8. The molecule has 592 valence electrons. The summed E-state index contributed by atoms with van der Waals surface area (Å²) in [5.74, 6) is 0. The van der Waals surface area contributed by atoms with Gasteiger partial charge in [-0.25, -0.2) is 0 Å². The van der Waals surface area contributed by atoms with Crippen LogP contribution in [-0.2, 0) is 0 Å². The molecule has 32 rings (SSSR count). The van der Waals surface area contributed by atoms with Crippen LogP contribution in [0.5, 0.6) is 0 Å². The van der Waals surface area contributed by atoms with Gasteiger partial charge in [-0.15, -0.1) is 0 Å². The second-order valence-corrected chi connectivity index (χ2v) is 34.1. The molecule has 0 fully saturated rings. The van der Waals surface area contributed by atoms with Gasteiger partial charge in [0.2, 0.25) is 0 Å². The van der Waals surface area contributed by atoms with Crippen LogP contribution in [0.2, 0.25) is 0 Å². The van der Waals surface area contributed by atoms with Crippen molar-refractivity contribution in [3.8, 4) is 134 Å². The minimum absolute atomic E-state index is 1.34. The molecule has 0 heteroatoms. The van der Waals surface area contributed by atoms with Crippen molar-refractivity contribution in [1.29, 1.82) is 0 Å². The monoisotopic (exact) mass is 1620 g/mol. The summed E-state index contributed by atoms with van der Waals surface area (Å²) in [7, 11) is 0. The molecule has 26 aromatic carbocycles. The van der Waals surface area contributed by atoms with Crippen LogP contribution in [0.15, 0.2) is 485 Å². The Labute approximate surface area is 742 Å². The summed E-state index contributed by atoms with van der Waals surface area (Å²) in [6, 6.07) is 174. The standard InChI is InChI=1S/8C16H10/c2*1-3-11-7-9-13-5-2-6-14-10-8-12(4-1)15(11)16(13)14;6*1-2-8-13-12(7-1)14-9-3-5-11-6-4-10-15(13)16(11)14/h8*1-10H. The maximum absolute atomic E-state index is 2.22. The molecule has 0 atom stereocenters. The molecule has 0 saturated carbocycles. The zero-order valence-corrected chi connectivity index (χ0v) is 70.2. The normalized spacial score (nSPS) is 11.8. The maximum Gasteiger partial charge on any atom is -0.00264 e. The molecule has 0 N–H and O–H groups in total. The summed E-state index contributed by atoms with van der Waals surface area (Å²) in [6.07, 6.45) is 0. The first-order chi connectivity index (χ1) is 63.6. The Hall–Kier alpha value is -16.6. The summed E-state index contributed by atoms with van der Waals surface area (Å²) in [5, 5.41) is 32.8. The lowest BCUT2D eigenvalue weighted by Crippen LogP contribution is -1.82. The third-order valence-electron chi connectivity index (χ3n) is 27.3. The third kappa shape index (κ3) is 12.1. The van der Waals surface area contributed by atoms with E-state index < -0.39 is 0 Å². The molecule has 0 saturated heterocycles. The van der Waals surface area contributed by atoms with Gasteiger partial charge >= 0.3 is 0 Å². The summed E-state index contributed by atoms with van der Waals surface area (Å²) in [4.78, 5) is 0. The fourth-order valence-electron chi connectivity index (χ4n) is 21.8. The van der Waals surface area contributed by atoms with Gasteiger partial charge in [0.25, 0.3) is 0 Å². The fraction of sp³-hybridized carbons (Fsp3) is 0. The van der Waals surface area contributed by atoms with Crippen molar-refractivity contribution in [2.24, 2.45) is 0 Å². The van der Waals surface area contributed by atoms with Crippen LogP contribution in [0.1, 0.15) is 0 Å². The number of hydrogen-bond donors (Lipinski definition) is 0. The Bertz CT molecular complexity index is 7230. The predicted octanol–water partition coefficient (Wildman–Crippen LogP) is 36.1. The van der Waals surface area contributed by atoms with Crippen molar-refractivity contribution in [1.82, 2.24) is 0 Å². The lowest BCUT2D eigenvalue weighted by molar-refractivity contribution is 1.70. The summed E-state index contributed by atoms with van der Waals surface area (Å²) < 4.78 is 0. The average molecular weight is 1620 g/mol. The summed E-state index contributed by atoms with van der Waals surface area (Å²) in [6.45, 7) is 0. The largest absolute Gasteiger partial charge is 0.0616 e. The second kappa shape index (κ2) is 30.7. The molecule has 6 aliphatic rings. The molecular formula is C128H80. The van der Waals surface area contributed by atoms with Gasteiger partial charge < -0.3 is 0 Å². The van der Waals surface area contributed by atoms with Crippen LogP contribution in [0.4, 0.5) is 0 Å². The highest BCUT2D eigenvalue weighted by atomic mass is 14.3. The smallest absolute Gasteiger partial charge is 0.00264 e. The van der Waals surface area contributed by atoms with Crippen molar-refractivity contribution in [2.75, 3.05) is 0 Å². The van der Waals surface area contributed by atoms with E-state index in [1.165, 1.54) is 263 Å². The molecule has 0 aliphatic heterocycles. The molecule has 0 unspecified atom stereocenters. The van der Waals surface area contributed by atoms with Crippen LogP contribution >= 0.6 is 0 Å². The van der Waals surface area contributed by atoms with Crippen LogP contribution in [0, 0.1) is 0 Å². The number of hydrogen-bond acceptors (Lipinski definition) is 0. The van der Waals surface area contributed by atoms with E-state index in [-0.39, 0.29) is 0 Å². The molecule has 26 aromatic rings. The SMILES string of the molecule is c1cc2ccc3cccc4ccc(c1)c2c34.c1cc2ccc3cccc4ccc(c1)c2c34.c1ccc2c(c1)-c1cccc3cccc-2c13.c1ccc2c(c1)-c1cccc3cccc-2c13.c1ccc2c(c1)-c1cccc3cccc-2c13.c1ccc2c(c1)-c1cccc3cccc-2c13.c1ccc2c(c1)-c1cccc3cccc-2c13.c1ccc2c(c1)-c1cccc3cccc-2c13. The quantitative estimate of drug-likeness (QED) is 0.133. The molecule has 0 nitrogen and oxygen atoms in total. The van der Waals surface area contributed by atoms with Crippen molar-refractivity contribution in [3.63, 3.8) is 0 Å². The van der Waals surface area contributed by atoms with E-state index >= 15 is 0 Å². The van der Waals surface area contributed by atoms with Gasteiger partial charge in [-0.2, -0.15) is 0 Å². The lowest BCUT2D eigenvalue weighted by Gasteiger charge is -2.09. The first-order valence-electron chi connectivity index (χ1n) is 44.5. The van der Waals surface area contributed by atoms with E-state index in [9.17, 15) is 0 Å². The van der Waals surface area contributed by atoms with Gasteiger partial charge in [0, 0.05) is 0 Å². The highest BCUT2D eigenvalue weighted by Crippen LogP contribution is 2.53. The van der Waals surface area contributed by atoms with Gasteiger partial charge in [-0.3, -0.25) is 0 Å². The van der Waals surface area contributed by atoms with E-state index in [1.807, 2.05) is 0 Å². The zero-order chi connectivity index (χ0) is 84.3. The summed E-state index contributed by atoms with van der Waals surface area (Å²) in [5.41, 5.74) is 33.0. The van der Waals surface area contributed by atoms with Crippen LogP contribution in [-0.4, -0.2) is 0 Å². The van der Waals surface area contributed by atoms with Crippen molar-refractivity contribution < 1.29 is 0 Å². The highest BCUT2D eigenvalue weighted by molar-refractivity contribution is 6.26.